The van der Waals surface area contributed by atoms with E-state index in [1.54, 1.807) is 16.3 Å². The number of nitrogens with one attached hydrogen (secondary N) is 1. The molecule has 0 bridgehead atoms. The second kappa shape index (κ2) is 11.5. The zero-order valence-corrected chi connectivity index (χ0v) is 23.8. The van der Waals surface area contributed by atoms with E-state index in [0.717, 1.165) is 34.5 Å². The third-order valence-electron chi connectivity index (χ3n) is 6.84. The van der Waals surface area contributed by atoms with Gasteiger partial charge in [-0.1, -0.05) is 23.7 Å². The van der Waals surface area contributed by atoms with E-state index in [4.69, 9.17) is 11.6 Å². The Hall–Kier alpha value is -2.19. The van der Waals surface area contributed by atoms with E-state index < -0.39 is 21.3 Å². The van der Waals surface area contributed by atoms with Crippen LogP contribution in [-0.2, 0) is 21.4 Å². The zero-order valence-electron chi connectivity index (χ0n) is 20.6. The molecular weight excluding hydrogens is 566 g/mol. The number of aldehydes is 1. The number of hydrogen-bond donors (Lipinski definition) is 1. The molecule has 2 saturated heterocycles. The van der Waals surface area contributed by atoms with Gasteiger partial charge < -0.3 is 15.0 Å². The van der Waals surface area contributed by atoms with E-state index in [9.17, 15) is 18.0 Å². The highest BCUT2D eigenvalue weighted by Gasteiger charge is 2.38. The smallest absolute Gasteiger partial charge is 0.273 e. The number of piperazine rings is 2. The van der Waals surface area contributed by atoms with Gasteiger partial charge in [0.1, 0.15) is 22.2 Å². The molecule has 1 aromatic carbocycles. The monoisotopic (exact) mass is 593 g/mol. The Morgan fingerprint density at radius 2 is 2.03 bits per heavy atom. The van der Waals surface area contributed by atoms with E-state index in [2.05, 4.69) is 16.9 Å². The number of aromatic nitrogens is 1. The number of thiophene rings is 1. The molecule has 202 valence electrons. The fourth-order valence-electron chi connectivity index (χ4n) is 4.77. The Morgan fingerprint density at radius 1 is 1.24 bits per heavy atom. The van der Waals surface area contributed by atoms with Crippen molar-refractivity contribution in [3.63, 3.8) is 0 Å². The zero-order chi connectivity index (χ0) is 26.9. The van der Waals surface area contributed by atoms with Crippen molar-refractivity contribution in [1.82, 2.24) is 24.4 Å². The largest absolute Gasteiger partial charge is 0.335 e. The van der Waals surface area contributed by atoms with E-state index in [0.29, 0.717) is 41.8 Å². The predicted molar refractivity (Wildman–Crippen MR) is 151 cm³/mol. The maximum Gasteiger partial charge on any atom is 0.273 e. The number of amides is 1. The normalized spacial score (nSPS) is 20.4. The fraction of sp³-hybridized carbons (Fsp3) is 0.400. The maximum atomic E-state index is 13.7. The number of fused-ring (bicyclic) bond motifs is 1. The summed E-state index contributed by atoms with van der Waals surface area (Å²) in [6, 6.07) is 6.70. The molecule has 5 rings (SSSR count). The number of carbonyl (C=O) groups excluding carboxylic acids is 2. The summed E-state index contributed by atoms with van der Waals surface area (Å²) in [5.74, 6) is -0.0872. The van der Waals surface area contributed by atoms with Crippen molar-refractivity contribution in [1.29, 1.82) is 0 Å². The maximum absolute atomic E-state index is 13.7. The lowest BCUT2D eigenvalue weighted by Crippen LogP contribution is -2.55. The van der Waals surface area contributed by atoms with Crippen molar-refractivity contribution in [2.24, 2.45) is 0 Å². The van der Waals surface area contributed by atoms with Crippen molar-refractivity contribution in [2.45, 2.75) is 17.8 Å². The van der Waals surface area contributed by atoms with Crippen molar-refractivity contribution >= 4 is 66.6 Å². The number of hydrogen-bond acceptors (Lipinski definition) is 9. The van der Waals surface area contributed by atoms with Crippen molar-refractivity contribution in [2.75, 3.05) is 45.8 Å². The molecule has 9 nitrogen and oxygen atoms in total. The average molecular weight is 594 g/mol. The highest BCUT2D eigenvalue weighted by molar-refractivity contribution is 7.89. The first-order chi connectivity index (χ1) is 18.3. The predicted octanol–water partition coefficient (Wildman–Crippen LogP) is 3.00. The van der Waals surface area contributed by atoms with Crippen LogP contribution in [0.1, 0.15) is 25.6 Å². The molecule has 0 radical (unpaired) electrons. The van der Waals surface area contributed by atoms with Gasteiger partial charge in [-0.05, 0) is 23.6 Å². The number of sulfonamides is 1. The Morgan fingerprint density at radius 3 is 2.76 bits per heavy atom. The molecule has 2 aromatic heterocycles. The summed E-state index contributed by atoms with van der Waals surface area (Å²) >= 11 is 8.86. The van der Waals surface area contributed by atoms with Gasteiger partial charge in [-0.2, -0.15) is 4.31 Å². The van der Waals surface area contributed by atoms with E-state index in [1.807, 2.05) is 23.1 Å². The van der Waals surface area contributed by atoms with Gasteiger partial charge in [0.15, 0.2) is 0 Å². The SMILES string of the molecule is C=CC(c1cc2ccc(Cl)cc2s1)S(=O)(=O)N1CCN(Cc2nc(C(=O)N3CCNCC3)cs2)C(C=O)C1. The van der Waals surface area contributed by atoms with E-state index >= 15 is 0 Å². The third-order valence-corrected chi connectivity index (χ3v) is 11.4. The van der Waals surface area contributed by atoms with Crippen LogP contribution in [0.5, 0.6) is 0 Å². The first-order valence-corrected chi connectivity index (χ1v) is 15.8. The summed E-state index contributed by atoms with van der Waals surface area (Å²) in [5, 5.41) is 6.29. The molecule has 2 atom stereocenters. The molecule has 2 aliphatic rings. The standard InChI is InChI=1S/C25H28ClN5O4S3/c1-2-23(22-11-17-3-4-18(26)12-21(17)37-22)38(34,35)31-10-9-30(19(13-31)15-32)14-24-28-20(16-36-24)25(33)29-7-5-27-6-8-29/h2-4,11-12,15-16,19,23,27H,1,5-10,13-14H2. The summed E-state index contributed by atoms with van der Waals surface area (Å²) in [6.07, 6.45) is 2.23. The molecule has 3 aromatic rings. The summed E-state index contributed by atoms with van der Waals surface area (Å²) in [4.78, 5) is 33.7. The van der Waals surface area contributed by atoms with Crippen LogP contribution >= 0.6 is 34.3 Å². The number of nitrogens with zero attached hydrogens (tertiary/aromatic N) is 4. The van der Waals surface area contributed by atoms with E-state index in [1.165, 1.54) is 33.1 Å². The minimum absolute atomic E-state index is 0.0465. The minimum atomic E-state index is -3.81. The van der Waals surface area contributed by atoms with Crippen LogP contribution in [0.4, 0.5) is 0 Å². The Bertz CT molecular complexity index is 1450. The fourth-order valence-corrected chi connectivity index (χ4v) is 9.02. The number of thiazole rings is 1. The Labute approximate surface area is 234 Å². The van der Waals surface area contributed by atoms with Gasteiger partial charge in [0, 0.05) is 65.8 Å². The van der Waals surface area contributed by atoms with Gasteiger partial charge in [-0.25, -0.2) is 13.4 Å². The molecule has 13 heteroatoms. The summed E-state index contributed by atoms with van der Waals surface area (Å²) in [6.45, 7) is 7.66. The van der Waals surface area contributed by atoms with Crippen LogP contribution in [0.3, 0.4) is 0 Å². The molecule has 38 heavy (non-hydrogen) atoms. The summed E-state index contributed by atoms with van der Waals surface area (Å²) in [5.41, 5.74) is 0.411. The molecule has 1 amide bonds. The Kier molecular flexibility index (Phi) is 8.29. The molecule has 2 aliphatic heterocycles. The van der Waals surface area contributed by atoms with Gasteiger partial charge in [0.05, 0.1) is 12.6 Å². The highest BCUT2D eigenvalue weighted by atomic mass is 35.5. The quantitative estimate of drug-likeness (QED) is 0.316. The average Bonchev–Trinajstić information content (AvgIpc) is 3.56. The van der Waals surface area contributed by atoms with Crippen molar-refractivity contribution in [3.8, 4) is 0 Å². The molecule has 0 spiro atoms. The molecule has 4 heterocycles. The molecular formula is C25H28ClN5O4S3. The van der Waals surface area contributed by atoms with Crippen LogP contribution in [-0.4, -0.2) is 91.6 Å². The molecule has 0 saturated carbocycles. The third kappa shape index (κ3) is 5.57. The summed E-state index contributed by atoms with van der Waals surface area (Å²) in [7, 11) is -3.81. The van der Waals surface area contributed by atoms with Gasteiger partial charge in [-0.15, -0.1) is 29.3 Å². The van der Waals surface area contributed by atoms with Gasteiger partial charge >= 0.3 is 0 Å². The van der Waals surface area contributed by atoms with Crippen LogP contribution in [0.25, 0.3) is 10.1 Å². The first kappa shape index (κ1) is 27.4. The van der Waals surface area contributed by atoms with Crippen molar-refractivity contribution < 1.29 is 18.0 Å². The number of carbonyl (C=O) groups is 2. The van der Waals surface area contributed by atoms with E-state index in [-0.39, 0.29) is 19.0 Å². The Balaban J connectivity index is 1.27. The van der Waals surface area contributed by atoms with Gasteiger partial charge in [0.2, 0.25) is 10.0 Å². The van der Waals surface area contributed by atoms with Crippen LogP contribution in [0, 0.1) is 0 Å². The topological polar surface area (TPSA) is 103 Å². The minimum Gasteiger partial charge on any atom is -0.335 e. The van der Waals surface area contributed by atoms with Crippen LogP contribution < -0.4 is 5.32 Å². The number of halogens is 1. The molecule has 2 fully saturated rings. The number of rotatable bonds is 8. The molecule has 0 aliphatic carbocycles. The number of benzene rings is 1. The molecule has 2 unspecified atom stereocenters. The molecule has 1 N–H and O–H groups in total. The first-order valence-electron chi connectivity index (χ1n) is 12.2. The second-order valence-corrected chi connectivity index (χ2v) is 13.8. The van der Waals surface area contributed by atoms with Gasteiger partial charge in [-0.3, -0.25) is 9.69 Å². The van der Waals surface area contributed by atoms with Crippen LogP contribution in [0.2, 0.25) is 5.02 Å². The lowest BCUT2D eigenvalue weighted by atomic mass is 10.2. The highest BCUT2D eigenvalue weighted by Crippen LogP contribution is 2.37. The van der Waals surface area contributed by atoms with Gasteiger partial charge in [0.25, 0.3) is 5.91 Å². The second-order valence-electron chi connectivity index (χ2n) is 9.23. The lowest BCUT2D eigenvalue weighted by Gasteiger charge is -2.38. The van der Waals surface area contributed by atoms with Crippen molar-refractivity contribution in [3.05, 3.63) is 62.9 Å². The van der Waals surface area contributed by atoms with Crippen LogP contribution in [0.15, 0.2) is 42.3 Å². The summed E-state index contributed by atoms with van der Waals surface area (Å²) < 4.78 is 29.6. The lowest BCUT2D eigenvalue weighted by molar-refractivity contribution is -0.114.